The molecule has 0 aromatic carbocycles. The Hall–Kier alpha value is -0.570. The molecule has 76 valence electrons. The standard InChI is InChI=1S/C10H19NO2/c1-10(2,3)13-9(12)8(11-4)7-5-6-7/h7-8,11H,5-6H2,1-4H3. The molecule has 1 rings (SSSR count). The summed E-state index contributed by atoms with van der Waals surface area (Å²) in [5.41, 5.74) is -0.374. The number of hydrogen-bond acceptors (Lipinski definition) is 3. The minimum absolute atomic E-state index is 0.0979. The van der Waals surface area contributed by atoms with E-state index < -0.39 is 0 Å². The van der Waals surface area contributed by atoms with Crippen LogP contribution in [0.5, 0.6) is 0 Å². The first-order valence-electron chi connectivity index (χ1n) is 4.84. The maximum Gasteiger partial charge on any atom is 0.323 e. The maximum atomic E-state index is 11.6. The third-order valence-corrected chi connectivity index (χ3v) is 2.07. The van der Waals surface area contributed by atoms with Crippen LogP contribution in [0.15, 0.2) is 0 Å². The number of rotatable bonds is 3. The molecule has 0 heterocycles. The summed E-state index contributed by atoms with van der Waals surface area (Å²) >= 11 is 0. The fourth-order valence-corrected chi connectivity index (χ4v) is 1.34. The van der Waals surface area contributed by atoms with Crippen molar-refractivity contribution < 1.29 is 9.53 Å². The topological polar surface area (TPSA) is 38.3 Å². The van der Waals surface area contributed by atoms with Gasteiger partial charge in [0.2, 0.25) is 0 Å². The van der Waals surface area contributed by atoms with Crippen molar-refractivity contribution in [2.45, 2.75) is 45.3 Å². The lowest BCUT2D eigenvalue weighted by atomic mass is 10.1. The maximum absolute atomic E-state index is 11.6. The Kier molecular flexibility index (Phi) is 2.96. The molecule has 0 radical (unpaired) electrons. The first-order valence-corrected chi connectivity index (χ1v) is 4.84. The Morgan fingerprint density at radius 2 is 2.00 bits per heavy atom. The molecule has 0 amide bonds. The van der Waals surface area contributed by atoms with Crippen molar-refractivity contribution in [2.24, 2.45) is 5.92 Å². The van der Waals surface area contributed by atoms with E-state index in [2.05, 4.69) is 5.32 Å². The van der Waals surface area contributed by atoms with Gasteiger partial charge in [0.15, 0.2) is 0 Å². The molecule has 3 nitrogen and oxygen atoms in total. The zero-order valence-corrected chi connectivity index (χ0v) is 8.89. The number of ether oxygens (including phenoxy) is 1. The summed E-state index contributed by atoms with van der Waals surface area (Å²) in [4.78, 5) is 11.6. The Labute approximate surface area is 79.8 Å². The van der Waals surface area contributed by atoms with Crippen LogP contribution in [0.2, 0.25) is 0 Å². The molecule has 0 saturated heterocycles. The van der Waals surface area contributed by atoms with Gasteiger partial charge in [0.25, 0.3) is 0 Å². The molecule has 3 heteroatoms. The van der Waals surface area contributed by atoms with E-state index in [4.69, 9.17) is 4.74 Å². The molecule has 1 saturated carbocycles. The van der Waals surface area contributed by atoms with E-state index in [1.165, 1.54) is 0 Å². The fourth-order valence-electron chi connectivity index (χ4n) is 1.34. The fraction of sp³-hybridized carbons (Fsp3) is 0.900. The zero-order chi connectivity index (χ0) is 10.1. The number of esters is 1. The van der Waals surface area contributed by atoms with Crippen molar-refractivity contribution in [3.8, 4) is 0 Å². The van der Waals surface area contributed by atoms with Crippen LogP contribution in [-0.4, -0.2) is 24.7 Å². The quantitative estimate of drug-likeness (QED) is 0.674. The van der Waals surface area contributed by atoms with Gasteiger partial charge in [-0.2, -0.15) is 0 Å². The van der Waals surface area contributed by atoms with Crippen molar-refractivity contribution in [3.05, 3.63) is 0 Å². The second-order valence-corrected chi connectivity index (χ2v) is 4.64. The van der Waals surface area contributed by atoms with E-state index >= 15 is 0 Å². The highest BCUT2D eigenvalue weighted by molar-refractivity contribution is 5.77. The largest absolute Gasteiger partial charge is 0.459 e. The van der Waals surface area contributed by atoms with Crippen LogP contribution in [0.3, 0.4) is 0 Å². The summed E-state index contributed by atoms with van der Waals surface area (Å²) in [6.45, 7) is 5.68. The second kappa shape index (κ2) is 3.66. The Morgan fingerprint density at radius 1 is 1.46 bits per heavy atom. The number of nitrogens with one attached hydrogen (secondary N) is 1. The average molecular weight is 185 g/mol. The number of hydrogen-bond donors (Lipinski definition) is 1. The molecule has 0 aliphatic heterocycles. The summed E-state index contributed by atoms with van der Waals surface area (Å²) in [7, 11) is 1.81. The van der Waals surface area contributed by atoms with Gasteiger partial charge in [-0.25, -0.2) is 0 Å². The first kappa shape index (κ1) is 10.5. The van der Waals surface area contributed by atoms with E-state index in [9.17, 15) is 4.79 Å². The third-order valence-electron chi connectivity index (χ3n) is 2.07. The van der Waals surface area contributed by atoms with Gasteiger partial charge in [-0.1, -0.05) is 0 Å². The average Bonchev–Trinajstić information content (AvgIpc) is 2.68. The van der Waals surface area contributed by atoms with Crippen LogP contribution in [0.25, 0.3) is 0 Å². The molecule has 0 aromatic heterocycles. The highest BCUT2D eigenvalue weighted by atomic mass is 16.6. The van der Waals surface area contributed by atoms with Gasteiger partial charge in [0, 0.05) is 0 Å². The molecule has 1 aliphatic carbocycles. The second-order valence-electron chi connectivity index (χ2n) is 4.64. The Bertz CT molecular complexity index is 192. The molecular weight excluding hydrogens is 166 g/mol. The van der Waals surface area contributed by atoms with E-state index in [1.54, 1.807) is 0 Å². The number of likely N-dealkylation sites (N-methyl/N-ethyl adjacent to an activating group) is 1. The van der Waals surface area contributed by atoms with Crippen LogP contribution >= 0.6 is 0 Å². The van der Waals surface area contributed by atoms with Gasteiger partial charge in [0.1, 0.15) is 11.6 Å². The minimum atomic E-state index is -0.374. The molecule has 1 unspecified atom stereocenters. The van der Waals surface area contributed by atoms with Gasteiger partial charge < -0.3 is 10.1 Å². The molecule has 0 aromatic rings. The van der Waals surface area contributed by atoms with Crippen LogP contribution in [0.1, 0.15) is 33.6 Å². The van der Waals surface area contributed by atoms with Gasteiger partial charge in [-0.3, -0.25) is 4.79 Å². The predicted octanol–water partition coefficient (Wildman–Crippen LogP) is 1.33. The normalized spacial score (nSPS) is 19.7. The van der Waals surface area contributed by atoms with Crippen molar-refractivity contribution >= 4 is 5.97 Å². The van der Waals surface area contributed by atoms with E-state index in [-0.39, 0.29) is 17.6 Å². The molecule has 1 fully saturated rings. The van der Waals surface area contributed by atoms with Crippen LogP contribution in [-0.2, 0) is 9.53 Å². The van der Waals surface area contributed by atoms with Crippen LogP contribution in [0.4, 0.5) is 0 Å². The Morgan fingerprint density at radius 3 is 2.31 bits per heavy atom. The van der Waals surface area contributed by atoms with Gasteiger partial charge in [-0.05, 0) is 46.6 Å². The van der Waals surface area contributed by atoms with Gasteiger partial charge in [0.05, 0.1) is 0 Å². The molecule has 1 aliphatic rings. The minimum Gasteiger partial charge on any atom is -0.459 e. The SMILES string of the molecule is CNC(C(=O)OC(C)(C)C)C1CC1. The van der Waals surface area contributed by atoms with Crippen molar-refractivity contribution in [1.29, 1.82) is 0 Å². The highest BCUT2D eigenvalue weighted by Gasteiger charge is 2.37. The van der Waals surface area contributed by atoms with E-state index in [0.29, 0.717) is 5.92 Å². The summed E-state index contributed by atoms with van der Waals surface area (Å²) in [5.74, 6) is 0.386. The van der Waals surface area contributed by atoms with E-state index in [0.717, 1.165) is 12.8 Å². The lowest BCUT2D eigenvalue weighted by Crippen LogP contribution is -2.40. The molecule has 1 N–H and O–H groups in total. The van der Waals surface area contributed by atoms with Gasteiger partial charge >= 0.3 is 5.97 Å². The molecule has 0 bridgehead atoms. The summed E-state index contributed by atoms with van der Waals surface area (Å²) in [6.07, 6.45) is 2.29. The third kappa shape index (κ3) is 3.35. The zero-order valence-electron chi connectivity index (χ0n) is 8.89. The first-order chi connectivity index (χ1) is 5.94. The lowest BCUT2D eigenvalue weighted by molar-refractivity contribution is -0.157. The van der Waals surface area contributed by atoms with Crippen molar-refractivity contribution in [1.82, 2.24) is 5.32 Å². The number of carbonyl (C=O) groups is 1. The summed E-state index contributed by atoms with van der Waals surface area (Å²) < 4.78 is 5.29. The van der Waals surface area contributed by atoms with Crippen molar-refractivity contribution in [2.75, 3.05) is 7.05 Å². The number of carbonyl (C=O) groups excluding carboxylic acids is 1. The summed E-state index contributed by atoms with van der Waals surface area (Å²) in [5, 5.41) is 3.01. The molecule has 13 heavy (non-hydrogen) atoms. The lowest BCUT2D eigenvalue weighted by Gasteiger charge is -2.23. The van der Waals surface area contributed by atoms with Crippen LogP contribution in [0, 0.1) is 5.92 Å². The van der Waals surface area contributed by atoms with Crippen molar-refractivity contribution in [3.63, 3.8) is 0 Å². The predicted molar refractivity (Wildman–Crippen MR) is 51.4 cm³/mol. The van der Waals surface area contributed by atoms with Crippen LogP contribution < -0.4 is 5.32 Å². The monoisotopic (exact) mass is 185 g/mol. The van der Waals surface area contributed by atoms with E-state index in [1.807, 2.05) is 27.8 Å². The molecule has 0 spiro atoms. The summed E-state index contributed by atoms with van der Waals surface area (Å²) in [6, 6.07) is -0.0979. The smallest absolute Gasteiger partial charge is 0.323 e. The molecular formula is C10H19NO2. The molecule has 1 atom stereocenters. The Balaban J connectivity index is 2.44. The highest BCUT2D eigenvalue weighted by Crippen LogP contribution is 2.33. The van der Waals surface area contributed by atoms with Gasteiger partial charge in [-0.15, -0.1) is 0 Å².